The highest BCUT2D eigenvalue weighted by Crippen LogP contribution is 2.23. The van der Waals surface area contributed by atoms with Crippen molar-refractivity contribution in [1.82, 2.24) is 4.31 Å². The van der Waals surface area contributed by atoms with Crippen molar-refractivity contribution in [2.24, 2.45) is 11.7 Å². The molecule has 1 aromatic rings. The fraction of sp³-hybridized carbons (Fsp3) is 0.467. The lowest BCUT2D eigenvalue weighted by Gasteiger charge is -2.29. The van der Waals surface area contributed by atoms with Crippen molar-refractivity contribution in [3.8, 4) is 11.8 Å². The normalized spacial score (nSPS) is 17.5. The van der Waals surface area contributed by atoms with Crippen molar-refractivity contribution >= 4 is 10.0 Å². The minimum Gasteiger partial charge on any atom is -0.320 e. The van der Waals surface area contributed by atoms with Gasteiger partial charge in [0.05, 0.1) is 11.4 Å². The number of benzene rings is 1. The van der Waals surface area contributed by atoms with Crippen molar-refractivity contribution in [2.75, 3.05) is 19.6 Å². The van der Waals surface area contributed by atoms with Gasteiger partial charge >= 0.3 is 0 Å². The zero-order chi connectivity index (χ0) is 14.6. The molecule has 2 rings (SSSR count). The maximum atomic E-state index is 12.6. The zero-order valence-corrected chi connectivity index (χ0v) is 12.5. The Bertz CT molecular complexity index is 621. The minimum atomic E-state index is -3.40. The summed E-state index contributed by atoms with van der Waals surface area (Å²) in [6.45, 7) is 3.62. The van der Waals surface area contributed by atoms with Crippen molar-refractivity contribution < 1.29 is 8.42 Å². The molecule has 0 saturated carbocycles. The molecule has 1 aromatic carbocycles. The molecule has 4 nitrogen and oxygen atoms in total. The molecule has 108 valence electrons. The molecule has 1 aliphatic heterocycles. The van der Waals surface area contributed by atoms with Crippen molar-refractivity contribution in [3.05, 3.63) is 29.8 Å². The molecule has 0 aromatic heterocycles. The predicted molar refractivity (Wildman–Crippen MR) is 79.5 cm³/mol. The van der Waals surface area contributed by atoms with Gasteiger partial charge in [-0.05, 0) is 37.0 Å². The summed E-state index contributed by atoms with van der Waals surface area (Å²) in [7, 11) is -3.40. The quantitative estimate of drug-likeness (QED) is 0.839. The third-order valence-electron chi connectivity index (χ3n) is 3.55. The molecule has 0 radical (unpaired) electrons. The molecule has 0 atom stereocenters. The van der Waals surface area contributed by atoms with Crippen LogP contribution in [-0.4, -0.2) is 32.4 Å². The SMILES string of the molecule is CC1CCN(S(=O)(=O)c2cccc(C#CCN)c2)CC1. The number of nitrogens with two attached hydrogens (primary N) is 1. The summed E-state index contributed by atoms with van der Waals surface area (Å²) in [5.41, 5.74) is 6.01. The largest absolute Gasteiger partial charge is 0.320 e. The first-order chi connectivity index (χ1) is 9.54. The number of piperidine rings is 1. The average molecular weight is 292 g/mol. The lowest BCUT2D eigenvalue weighted by atomic mass is 10.0. The maximum Gasteiger partial charge on any atom is 0.243 e. The van der Waals surface area contributed by atoms with Crippen LogP contribution in [0.1, 0.15) is 25.3 Å². The van der Waals surface area contributed by atoms with Crippen LogP contribution in [0.3, 0.4) is 0 Å². The Hall–Kier alpha value is -1.35. The van der Waals surface area contributed by atoms with E-state index in [9.17, 15) is 8.42 Å². The molecule has 1 saturated heterocycles. The van der Waals surface area contributed by atoms with Gasteiger partial charge in [-0.3, -0.25) is 0 Å². The Balaban J connectivity index is 2.25. The third-order valence-corrected chi connectivity index (χ3v) is 5.44. The van der Waals surface area contributed by atoms with Gasteiger partial charge in [-0.15, -0.1) is 0 Å². The van der Waals surface area contributed by atoms with E-state index in [4.69, 9.17) is 5.73 Å². The molecule has 0 amide bonds. The van der Waals surface area contributed by atoms with E-state index >= 15 is 0 Å². The lowest BCUT2D eigenvalue weighted by molar-refractivity contribution is 0.288. The molecular formula is C15H20N2O2S. The van der Waals surface area contributed by atoms with Gasteiger partial charge in [-0.25, -0.2) is 8.42 Å². The fourth-order valence-electron chi connectivity index (χ4n) is 2.26. The Kier molecular flexibility index (Phi) is 4.81. The van der Waals surface area contributed by atoms with Gasteiger partial charge in [0, 0.05) is 18.7 Å². The molecule has 0 bridgehead atoms. The molecule has 1 aliphatic rings. The topological polar surface area (TPSA) is 63.4 Å². The van der Waals surface area contributed by atoms with Gasteiger partial charge < -0.3 is 5.73 Å². The van der Waals surface area contributed by atoms with Crippen LogP contribution in [0.15, 0.2) is 29.2 Å². The molecule has 1 heterocycles. The Morgan fingerprint density at radius 1 is 1.35 bits per heavy atom. The van der Waals surface area contributed by atoms with Gasteiger partial charge in [0.1, 0.15) is 0 Å². The Morgan fingerprint density at radius 2 is 2.05 bits per heavy atom. The highest BCUT2D eigenvalue weighted by atomic mass is 32.2. The second-order valence-electron chi connectivity index (χ2n) is 5.12. The summed E-state index contributed by atoms with van der Waals surface area (Å²) in [6.07, 6.45) is 1.85. The summed E-state index contributed by atoms with van der Waals surface area (Å²) in [6, 6.07) is 6.76. The van der Waals surface area contributed by atoms with Crippen LogP contribution in [0.25, 0.3) is 0 Å². The number of sulfonamides is 1. The van der Waals surface area contributed by atoms with E-state index in [0.29, 0.717) is 29.5 Å². The van der Waals surface area contributed by atoms with Gasteiger partial charge in [0.25, 0.3) is 0 Å². The maximum absolute atomic E-state index is 12.6. The number of hydrogen-bond donors (Lipinski definition) is 1. The summed E-state index contributed by atoms with van der Waals surface area (Å²) in [5.74, 6) is 6.21. The summed E-state index contributed by atoms with van der Waals surface area (Å²) < 4.78 is 26.7. The van der Waals surface area contributed by atoms with E-state index in [-0.39, 0.29) is 6.54 Å². The monoisotopic (exact) mass is 292 g/mol. The van der Waals surface area contributed by atoms with Crippen LogP contribution < -0.4 is 5.73 Å². The smallest absolute Gasteiger partial charge is 0.243 e. The molecule has 1 fully saturated rings. The van der Waals surface area contributed by atoms with Gasteiger partial charge in [0.15, 0.2) is 0 Å². The standard InChI is InChI=1S/C15H20N2O2S/c1-13-7-10-17(11-8-13)20(18,19)15-6-2-4-14(12-15)5-3-9-16/h2,4,6,12-13H,7-11,16H2,1H3. The van der Waals surface area contributed by atoms with E-state index < -0.39 is 10.0 Å². The first-order valence-corrected chi connectivity index (χ1v) is 8.27. The van der Waals surface area contributed by atoms with Crippen LogP contribution in [0.2, 0.25) is 0 Å². The molecule has 5 heteroatoms. The molecule has 2 N–H and O–H groups in total. The molecular weight excluding hydrogens is 272 g/mol. The van der Waals surface area contributed by atoms with Gasteiger partial charge in [-0.1, -0.05) is 24.8 Å². The van der Waals surface area contributed by atoms with Crippen LogP contribution in [0.4, 0.5) is 0 Å². The second-order valence-corrected chi connectivity index (χ2v) is 7.06. The molecule has 0 aliphatic carbocycles. The van der Waals surface area contributed by atoms with Crippen molar-refractivity contribution in [1.29, 1.82) is 0 Å². The van der Waals surface area contributed by atoms with E-state index in [2.05, 4.69) is 18.8 Å². The first kappa shape index (κ1) is 15.0. The van der Waals surface area contributed by atoms with Crippen molar-refractivity contribution in [2.45, 2.75) is 24.7 Å². The number of rotatable bonds is 2. The third kappa shape index (κ3) is 3.40. The van der Waals surface area contributed by atoms with E-state index in [1.807, 2.05) is 0 Å². The summed E-state index contributed by atoms with van der Waals surface area (Å²) in [5, 5.41) is 0. The predicted octanol–water partition coefficient (Wildman–Crippen LogP) is 1.42. The Labute approximate surface area is 121 Å². The average Bonchev–Trinajstić information content (AvgIpc) is 2.46. The lowest BCUT2D eigenvalue weighted by Crippen LogP contribution is -2.37. The summed E-state index contributed by atoms with van der Waals surface area (Å²) >= 11 is 0. The molecule has 0 unspecified atom stereocenters. The molecule has 0 spiro atoms. The number of nitrogens with zero attached hydrogens (tertiary/aromatic N) is 1. The van der Waals surface area contributed by atoms with Gasteiger partial charge in [-0.2, -0.15) is 4.31 Å². The number of hydrogen-bond acceptors (Lipinski definition) is 3. The zero-order valence-electron chi connectivity index (χ0n) is 11.7. The van der Waals surface area contributed by atoms with Crippen LogP contribution >= 0.6 is 0 Å². The first-order valence-electron chi connectivity index (χ1n) is 6.83. The van der Waals surface area contributed by atoms with Crippen LogP contribution in [0, 0.1) is 17.8 Å². The van der Waals surface area contributed by atoms with E-state index in [1.165, 1.54) is 0 Å². The Morgan fingerprint density at radius 3 is 2.70 bits per heavy atom. The highest BCUT2D eigenvalue weighted by Gasteiger charge is 2.27. The minimum absolute atomic E-state index is 0.265. The van der Waals surface area contributed by atoms with Gasteiger partial charge in [0.2, 0.25) is 10.0 Å². The fourth-order valence-corrected chi connectivity index (χ4v) is 3.78. The van der Waals surface area contributed by atoms with Crippen molar-refractivity contribution in [3.63, 3.8) is 0 Å². The highest BCUT2D eigenvalue weighted by molar-refractivity contribution is 7.89. The van der Waals surface area contributed by atoms with Crippen LogP contribution in [0.5, 0.6) is 0 Å². The second kappa shape index (κ2) is 6.40. The summed E-state index contributed by atoms with van der Waals surface area (Å²) in [4.78, 5) is 0.316. The molecule has 20 heavy (non-hydrogen) atoms. The van der Waals surface area contributed by atoms with E-state index in [1.54, 1.807) is 28.6 Å². The van der Waals surface area contributed by atoms with E-state index in [0.717, 1.165) is 12.8 Å². The van der Waals surface area contributed by atoms with Crippen LogP contribution in [-0.2, 0) is 10.0 Å².